The zero-order chi connectivity index (χ0) is 33.3. The van der Waals surface area contributed by atoms with Crippen LogP contribution in [-0.2, 0) is 6.42 Å². The second-order valence-electron chi connectivity index (χ2n) is 10.9. The molecule has 0 aliphatic heterocycles. The summed E-state index contributed by atoms with van der Waals surface area (Å²) in [5.74, 6) is 0.876. The van der Waals surface area contributed by atoms with Gasteiger partial charge in [0.2, 0.25) is 0 Å². The van der Waals surface area contributed by atoms with Crippen molar-refractivity contribution in [2.75, 3.05) is 6.54 Å². The Bertz CT molecular complexity index is 1250. The van der Waals surface area contributed by atoms with Gasteiger partial charge in [-0.15, -0.1) is 0 Å². The standard InChI is InChI=1S/C19H23N.C14H20.C7H11N.C2H6/c1-3-15-20-16(2)19(18-13-9-6-10-14-18)17-11-7-4-5-8-12-17;1-11(2)12(3)9-10-14-8-6-5-7-13(14)4;1-5-6(2)7(3)8-4;1-2/h4,6-14,19-20H,2-3,5,15H2,1H3;5-9,11H,10H2,1-4H3;5H,1,4H2,2-3H3;1-2H3/b;12-9-;7-6+;. The van der Waals surface area contributed by atoms with Crippen molar-refractivity contribution in [3.63, 3.8) is 0 Å². The van der Waals surface area contributed by atoms with Crippen molar-refractivity contribution in [2.24, 2.45) is 10.9 Å². The van der Waals surface area contributed by atoms with E-state index in [2.05, 4.69) is 156 Å². The molecule has 1 aliphatic rings. The van der Waals surface area contributed by atoms with E-state index in [1.54, 1.807) is 6.08 Å². The summed E-state index contributed by atoms with van der Waals surface area (Å²) in [7, 11) is 0. The van der Waals surface area contributed by atoms with Gasteiger partial charge in [0.05, 0.1) is 0 Å². The fraction of sp³-hybridized carbons (Fsp3) is 0.357. The number of nitrogens with zero attached hydrogens (tertiary/aromatic N) is 1. The molecule has 3 rings (SSSR count). The first-order chi connectivity index (χ1) is 21.2. The van der Waals surface area contributed by atoms with Crippen molar-refractivity contribution in [2.45, 2.75) is 87.5 Å². The first-order valence-electron chi connectivity index (χ1n) is 16.1. The molecular weight excluding hydrogens is 532 g/mol. The van der Waals surface area contributed by atoms with Gasteiger partial charge in [0, 0.05) is 23.9 Å². The molecule has 44 heavy (non-hydrogen) atoms. The van der Waals surface area contributed by atoms with Crippen molar-refractivity contribution in [3.8, 4) is 0 Å². The minimum Gasteiger partial charge on any atom is -0.388 e. The summed E-state index contributed by atoms with van der Waals surface area (Å²) in [6.07, 6.45) is 18.2. The fourth-order valence-electron chi connectivity index (χ4n) is 4.03. The molecule has 0 fully saturated rings. The SMILES string of the molecule is C/C(=C/Cc1ccccc1C)C(C)C.C=C(NCCC)C(C1=CC=CCC=C1)c1ccccc1.C=C/C(C)=C(\C)N=C.CC. The van der Waals surface area contributed by atoms with Gasteiger partial charge in [-0.25, -0.2) is 0 Å². The highest BCUT2D eigenvalue weighted by molar-refractivity contribution is 5.44. The maximum absolute atomic E-state index is 4.26. The third-order valence-corrected chi connectivity index (χ3v) is 7.35. The maximum Gasteiger partial charge on any atom is 0.0481 e. The summed E-state index contributed by atoms with van der Waals surface area (Å²) < 4.78 is 0. The van der Waals surface area contributed by atoms with Gasteiger partial charge >= 0.3 is 0 Å². The van der Waals surface area contributed by atoms with Crippen molar-refractivity contribution in [3.05, 3.63) is 155 Å². The molecule has 0 aromatic heterocycles. The largest absolute Gasteiger partial charge is 0.388 e. The van der Waals surface area contributed by atoms with E-state index in [1.165, 1.54) is 27.8 Å². The molecule has 2 aromatic rings. The zero-order valence-electron chi connectivity index (χ0n) is 29.3. The number of allylic oxidation sites excluding steroid dienone is 11. The summed E-state index contributed by atoms with van der Waals surface area (Å²) in [6.45, 7) is 31.1. The van der Waals surface area contributed by atoms with Crippen LogP contribution < -0.4 is 5.32 Å². The average molecular weight is 593 g/mol. The van der Waals surface area contributed by atoms with Gasteiger partial charge in [0.1, 0.15) is 0 Å². The van der Waals surface area contributed by atoms with Crippen LogP contribution in [0, 0.1) is 12.8 Å². The van der Waals surface area contributed by atoms with E-state index >= 15 is 0 Å². The van der Waals surface area contributed by atoms with Crippen LogP contribution in [-0.4, -0.2) is 13.3 Å². The zero-order valence-corrected chi connectivity index (χ0v) is 29.3. The molecule has 0 amide bonds. The quantitative estimate of drug-likeness (QED) is 0.157. The van der Waals surface area contributed by atoms with Crippen LogP contribution in [0.25, 0.3) is 0 Å². The number of benzene rings is 2. The Morgan fingerprint density at radius 1 is 0.977 bits per heavy atom. The lowest BCUT2D eigenvalue weighted by Crippen LogP contribution is -2.20. The van der Waals surface area contributed by atoms with Crippen molar-refractivity contribution in [1.29, 1.82) is 0 Å². The van der Waals surface area contributed by atoms with Gasteiger partial charge in [-0.3, -0.25) is 4.99 Å². The molecule has 0 saturated carbocycles. The Morgan fingerprint density at radius 3 is 2.16 bits per heavy atom. The topological polar surface area (TPSA) is 24.4 Å². The molecule has 1 aliphatic carbocycles. The monoisotopic (exact) mass is 592 g/mol. The highest BCUT2D eigenvalue weighted by Gasteiger charge is 2.18. The fourth-order valence-corrected chi connectivity index (χ4v) is 4.03. The Kier molecular flexibility index (Phi) is 22.3. The predicted molar refractivity (Wildman–Crippen MR) is 201 cm³/mol. The van der Waals surface area contributed by atoms with E-state index < -0.39 is 0 Å². The highest BCUT2D eigenvalue weighted by atomic mass is 14.9. The van der Waals surface area contributed by atoms with E-state index in [1.807, 2.05) is 27.7 Å². The van der Waals surface area contributed by atoms with Gasteiger partial charge in [0.25, 0.3) is 0 Å². The molecule has 1 N–H and O–H groups in total. The lowest BCUT2D eigenvalue weighted by atomic mass is 9.88. The van der Waals surface area contributed by atoms with Gasteiger partial charge in [-0.2, -0.15) is 0 Å². The molecule has 2 aromatic carbocycles. The molecule has 1 unspecified atom stereocenters. The number of rotatable bonds is 11. The molecule has 0 spiro atoms. The van der Waals surface area contributed by atoms with Crippen LogP contribution in [0.1, 0.15) is 90.8 Å². The lowest BCUT2D eigenvalue weighted by molar-refractivity contribution is 0.719. The van der Waals surface area contributed by atoms with Crippen LogP contribution in [0.3, 0.4) is 0 Å². The predicted octanol–water partition coefficient (Wildman–Crippen LogP) is 12.1. The number of hydrogen-bond acceptors (Lipinski definition) is 2. The first-order valence-corrected chi connectivity index (χ1v) is 16.1. The Labute approximate surface area is 271 Å². The Balaban J connectivity index is 0.000000671. The van der Waals surface area contributed by atoms with Gasteiger partial charge < -0.3 is 5.32 Å². The molecule has 0 radical (unpaired) electrons. The van der Waals surface area contributed by atoms with E-state index in [4.69, 9.17) is 0 Å². The van der Waals surface area contributed by atoms with Crippen LogP contribution in [0.5, 0.6) is 0 Å². The Morgan fingerprint density at radius 2 is 1.61 bits per heavy atom. The average Bonchev–Trinajstić information content (AvgIpc) is 3.34. The van der Waals surface area contributed by atoms with Crippen molar-refractivity contribution >= 4 is 6.72 Å². The molecule has 2 nitrogen and oxygen atoms in total. The van der Waals surface area contributed by atoms with Gasteiger partial charge in [-0.1, -0.05) is 150 Å². The smallest absolute Gasteiger partial charge is 0.0481 e. The molecule has 0 bridgehead atoms. The summed E-state index contributed by atoms with van der Waals surface area (Å²) in [5.41, 5.74) is 9.98. The molecular formula is C42H60N2. The highest BCUT2D eigenvalue weighted by Crippen LogP contribution is 2.31. The molecule has 1 atom stereocenters. The summed E-state index contributed by atoms with van der Waals surface area (Å²) in [4.78, 5) is 3.72. The number of nitrogens with one attached hydrogen (secondary N) is 1. The second kappa shape index (κ2) is 24.5. The van der Waals surface area contributed by atoms with Crippen LogP contribution in [0.15, 0.2) is 143 Å². The molecule has 238 valence electrons. The van der Waals surface area contributed by atoms with E-state index in [9.17, 15) is 0 Å². The normalized spacial score (nSPS) is 13.2. The third kappa shape index (κ3) is 16.1. The minimum absolute atomic E-state index is 0.210. The minimum atomic E-state index is 0.210. The summed E-state index contributed by atoms with van der Waals surface area (Å²) in [5, 5.41) is 3.46. The van der Waals surface area contributed by atoms with Crippen molar-refractivity contribution < 1.29 is 0 Å². The lowest BCUT2D eigenvalue weighted by Gasteiger charge is -2.22. The Hall–Kier alpha value is -3.91. The molecule has 0 saturated heterocycles. The summed E-state index contributed by atoms with van der Waals surface area (Å²) in [6, 6.07) is 19.2. The summed E-state index contributed by atoms with van der Waals surface area (Å²) >= 11 is 0. The van der Waals surface area contributed by atoms with Gasteiger partial charge in [-0.05, 0) is 87.4 Å². The van der Waals surface area contributed by atoms with E-state index in [0.29, 0.717) is 5.92 Å². The first kappa shape index (κ1) is 40.1. The number of aryl methyl sites for hydroxylation is 1. The molecule has 2 heteroatoms. The number of hydrogen-bond donors (Lipinski definition) is 1. The van der Waals surface area contributed by atoms with Crippen molar-refractivity contribution in [1.82, 2.24) is 5.32 Å². The second-order valence-corrected chi connectivity index (χ2v) is 10.9. The number of aliphatic imine (C=N–C) groups is 1. The van der Waals surface area contributed by atoms with Crippen LogP contribution in [0.2, 0.25) is 0 Å². The van der Waals surface area contributed by atoms with E-state index in [0.717, 1.165) is 42.8 Å². The third-order valence-electron chi connectivity index (χ3n) is 7.35. The van der Waals surface area contributed by atoms with Crippen LogP contribution in [0.4, 0.5) is 0 Å². The van der Waals surface area contributed by atoms with Crippen LogP contribution >= 0.6 is 0 Å². The maximum atomic E-state index is 4.26. The van der Waals surface area contributed by atoms with E-state index in [-0.39, 0.29) is 5.92 Å². The van der Waals surface area contributed by atoms with Gasteiger partial charge in [0.15, 0.2) is 0 Å². The molecule has 0 heterocycles.